The fraction of sp³-hybridized carbons (Fsp3) is 0.409. The lowest BCUT2D eigenvalue weighted by Crippen LogP contribution is -2.48. The van der Waals surface area contributed by atoms with Crippen LogP contribution in [-0.2, 0) is 17.9 Å². The normalized spacial score (nSPS) is 20.8. The summed E-state index contributed by atoms with van der Waals surface area (Å²) in [6.07, 6.45) is 1.09. The van der Waals surface area contributed by atoms with Crippen LogP contribution in [0.25, 0.3) is 0 Å². The number of thioether (sulfide) groups is 1. The number of nitrogens with zero attached hydrogens (tertiary/aromatic N) is 2. The van der Waals surface area contributed by atoms with Crippen molar-refractivity contribution in [2.45, 2.75) is 25.4 Å². The SMILES string of the molecule is O=C(CSC(=S)N1C[C@H]2C[C@H](C1)c1cccc(=O)n1C2)NCc1ccc2c(c1)OCO2. The summed E-state index contributed by atoms with van der Waals surface area (Å²) < 4.78 is 13.3. The zero-order valence-corrected chi connectivity index (χ0v) is 18.5. The first-order chi connectivity index (χ1) is 15.1. The van der Waals surface area contributed by atoms with Crippen molar-refractivity contribution in [1.82, 2.24) is 14.8 Å². The molecule has 4 heterocycles. The number of rotatable bonds is 4. The third kappa shape index (κ3) is 4.29. The third-order valence-electron chi connectivity index (χ3n) is 5.99. The molecule has 0 unspecified atom stereocenters. The van der Waals surface area contributed by atoms with Gasteiger partial charge in [-0.1, -0.05) is 36.1 Å². The largest absolute Gasteiger partial charge is 0.454 e. The van der Waals surface area contributed by atoms with Gasteiger partial charge in [-0.15, -0.1) is 0 Å². The van der Waals surface area contributed by atoms with E-state index in [1.807, 2.05) is 34.9 Å². The van der Waals surface area contributed by atoms with E-state index in [4.69, 9.17) is 21.7 Å². The van der Waals surface area contributed by atoms with E-state index in [-0.39, 0.29) is 24.0 Å². The Morgan fingerprint density at radius 2 is 2.03 bits per heavy atom. The van der Waals surface area contributed by atoms with E-state index in [2.05, 4.69) is 10.2 Å². The maximum atomic E-state index is 12.3. The van der Waals surface area contributed by atoms with Crippen LogP contribution in [0.4, 0.5) is 0 Å². The number of nitrogens with one attached hydrogen (secondary N) is 1. The Hall–Kier alpha value is -2.52. The molecule has 7 nitrogen and oxygen atoms in total. The van der Waals surface area contributed by atoms with Crippen molar-refractivity contribution in [3.63, 3.8) is 0 Å². The Morgan fingerprint density at radius 3 is 2.94 bits per heavy atom. The molecule has 1 amide bonds. The van der Waals surface area contributed by atoms with Gasteiger partial charge in [-0.25, -0.2) is 0 Å². The Morgan fingerprint density at radius 1 is 1.16 bits per heavy atom. The van der Waals surface area contributed by atoms with Gasteiger partial charge >= 0.3 is 0 Å². The fourth-order valence-electron chi connectivity index (χ4n) is 4.57. The quantitative estimate of drug-likeness (QED) is 0.707. The number of hydrogen-bond acceptors (Lipinski definition) is 6. The number of carbonyl (C=O) groups is 1. The van der Waals surface area contributed by atoms with Crippen LogP contribution in [0.2, 0.25) is 0 Å². The van der Waals surface area contributed by atoms with Gasteiger partial charge in [0, 0.05) is 43.9 Å². The number of hydrogen-bond donors (Lipinski definition) is 1. The molecular weight excluding hydrogens is 434 g/mol. The Balaban J connectivity index is 1.12. The van der Waals surface area contributed by atoms with Crippen LogP contribution < -0.4 is 20.3 Å². The van der Waals surface area contributed by atoms with Gasteiger partial charge in [0.15, 0.2) is 11.5 Å². The monoisotopic (exact) mass is 457 g/mol. The lowest BCUT2D eigenvalue weighted by molar-refractivity contribution is -0.118. The molecule has 0 saturated carbocycles. The molecule has 1 aromatic heterocycles. The Labute approximate surface area is 189 Å². The van der Waals surface area contributed by atoms with E-state index in [1.165, 1.54) is 11.8 Å². The van der Waals surface area contributed by atoms with E-state index >= 15 is 0 Å². The number of amides is 1. The maximum Gasteiger partial charge on any atom is 0.250 e. The smallest absolute Gasteiger partial charge is 0.250 e. The summed E-state index contributed by atoms with van der Waals surface area (Å²) in [5.41, 5.74) is 2.14. The van der Waals surface area contributed by atoms with E-state index < -0.39 is 0 Å². The molecule has 0 spiro atoms. The second-order valence-corrected chi connectivity index (χ2v) is 9.73. The summed E-state index contributed by atoms with van der Waals surface area (Å²) in [4.78, 5) is 26.7. The Bertz CT molecular complexity index is 1090. The van der Waals surface area contributed by atoms with Gasteiger partial charge in [0.25, 0.3) is 5.56 Å². The molecule has 5 rings (SSSR count). The molecule has 1 aromatic carbocycles. The number of fused-ring (bicyclic) bond motifs is 5. The zero-order valence-electron chi connectivity index (χ0n) is 16.9. The highest BCUT2D eigenvalue weighted by Gasteiger charge is 2.35. The topological polar surface area (TPSA) is 72.8 Å². The molecule has 0 aliphatic carbocycles. The summed E-state index contributed by atoms with van der Waals surface area (Å²) in [6, 6.07) is 11.2. The van der Waals surface area contributed by atoms with Gasteiger partial charge in [-0.2, -0.15) is 0 Å². The molecule has 162 valence electrons. The van der Waals surface area contributed by atoms with Crippen molar-refractivity contribution in [2.24, 2.45) is 5.92 Å². The van der Waals surface area contributed by atoms with E-state index in [1.54, 1.807) is 6.07 Å². The number of likely N-dealkylation sites (tertiary alicyclic amines) is 1. The molecule has 31 heavy (non-hydrogen) atoms. The number of aromatic nitrogens is 1. The molecule has 3 aliphatic heterocycles. The molecule has 1 N–H and O–H groups in total. The van der Waals surface area contributed by atoms with Crippen LogP contribution in [0.15, 0.2) is 41.2 Å². The standard InChI is InChI=1S/C22H23N3O4S2/c26-20(23-8-14-4-5-18-19(7-14)29-13-28-18)12-31-22(30)24-9-15-6-16(11-24)17-2-1-3-21(27)25(17)10-15/h1-5,7,15-16H,6,8-13H2,(H,23,26)/t15-,16-/m1/s1. The highest BCUT2D eigenvalue weighted by Crippen LogP contribution is 2.36. The van der Waals surface area contributed by atoms with Crippen molar-refractivity contribution in [2.75, 3.05) is 25.6 Å². The third-order valence-corrected chi connectivity index (χ3v) is 7.51. The lowest BCUT2D eigenvalue weighted by Gasteiger charge is -2.43. The number of thiocarbonyl (C=S) groups is 1. The summed E-state index contributed by atoms with van der Waals surface area (Å²) >= 11 is 7.04. The molecule has 1 fully saturated rings. The van der Waals surface area contributed by atoms with Crippen LogP contribution in [0.5, 0.6) is 11.5 Å². The average Bonchev–Trinajstić information content (AvgIpc) is 3.24. The first-order valence-corrected chi connectivity index (χ1v) is 11.7. The maximum absolute atomic E-state index is 12.3. The van der Waals surface area contributed by atoms with Crippen LogP contribution in [0.3, 0.4) is 0 Å². The molecular formula is C22H23N3O4S2. The number of benzene rings is 1. The van der Waals surface area contributed by atoms with Gasteiger partial charge in [0.05, 0.1) is 5.75 Å². The second-order valence-electron chi connectivity index (χ2n) is 8.12. The predicted octanol–water partition coefficient (Wildman–Crippen LogP) is 2.33. The number of carbonyl (C=O) groups excluding carboxylic acids is 1. The summed E-state index contributed by atoms with van der Waals surface area (Å²) in [5.74, 6) is 2.38. The Kier molecular flexibility index (Phi) is 5.62. The molecule has 3 aliphatic rings. The minimum atomic E-state index is -0.0564. The molecule has 2 atom stereocenters. The van der Waals surface area contributed by atoms with Gasteiger partial charge < -0.3 is 24.3 Å². The van der Waals surface area contributed by atoms with Crippen LogP contribution in [0, 0.1) is 5.92 Å². The molecule has 9 heteroatoms. The number of piperidine rings is 1. The van der Waals surface area contributed by atoms with Gasteiger partial charge in [-0.05, 0) is 36.1 Å². The van der Waals surface area contributed by atoms with Crippen molar-refractivity contribution in [3.8, 4) is 11.5 Å². The predicted molar refractivity (Wildman–Crippen MR) is 123 cm³/mol. The second kappa shape index (κ2) is 8.55. The highest BCUT2D eigenvalue weighted by molar-refractivity contribution is 8.23. The lowest BCUT2D eigenvalue weighted by atomic mass is 9.83. The average molecular weight is 458 g/mol. The van der Waals surface area contributed by atoms with E-state index in [0.717, 1.165) is 47.4 Å². The zero-order chi connectivity index (χ0) is 21.4. The minimum Gasteiger partial charge on any atom is -0.454 e. The van der Waals surface area contributed by atoms with Gasteiger partial charge in [-0.3, -0.25) is 9.59 Å². The summed E-state index contributed by atoms with van der Waals surface area (Å²) in [5, 5.41) is 2.94. The molecule has 0 radical (unpaired) electrons. The van der Waals surface area contributed by atoms with Crippen molar-refractivity contribution >= 4 is 34.2 Å². The van der Waals surface area contributed by atoms with Crippen molar-refractivity contribution in [1.29, 1.82) is 0 Å². The summed E-state index contributed by atoms with van der Waals surface area (Å²) in [6.45, 7) is 3.04. The molecule has 2 aromatic rings. The highest BCUT2D eigenvalue weighted by atomic mass is 32.2. The van der Waals surface area contributed by atoms with Crippen molar-refractivity contribution < 1.29 is 14.3 Å². The van der Waals surface area contributed by atoms with Gasteiger partial charge in [0.2, 0.25) is 12.7 Å². The van der Waals surface area contributed by atoms with Crippen molar-refractivity contribution in [3.05, 3.63) is 58.0 Å². The number of pyridine rings is 1. The first kappa shape index (κ1) is 20.4. The fourth-order valence-corrected chi connectivity index (χ4v) is 5.58. The van der Waals surface area contributed by atoms with Crippen LogP contribution >= 0.6 is 24.0 Å². The molecule has 2 bridgehead atoms. The first-order valence-electron chi connectivity index (χ1n) is 10.3. The van der Waals surface area contributed by atoms with Crippen LogP contribution in [-0.4, -0.2) is 45.3 Å². The minimum absolute atomic E-state index is 0.0564. The number of ether oxygens (including phenoxy) is 2. The molecule has 1 saturated heterocycles. The van der Waals surface area contributed by atoms with E-state index in [9.17, 15) is 9.59 Å². The van der Waals surface area contributed by atoms with E-state index in [0.29, 0.717) is 24.1 Å². The van der Waals surface area contributed by atoms with Gasteiger partial charge in [0.1, 0.15) is 4.32 Å². The van der Waals surface area contributed by atoms with Crippen LogP contribution in [0.1, 0.15) is 23.6 Å². The summed E-state index contributed by atoms with van der Waals surface area (Å²) in [7, 11) is 0.